The van der Waals surface area contributed by atoms with Gasteiger partial charge < -0.3 is 44.6 Å². The fourth-order valence-corrected chi connectivity index (χ4v) is 7.82. The number of aliphatic hydroxyl groups excluding tert-OH is 4. The highest BCUT2D eigenvalue weighted by Gasteiger charge is 2.54. The van der Waals surface area contributed by atoms with Crippen molar-refractivity contribution in [3.8, 4) is 0 Å². The Morgan fingerprint density at radius 2 is 1.02 bits per heavy atom. The largest absolute Gasteiger partial charge is 0.472 e. The van der Waals surface area contributed by atoms with Crippen molar-refractivity contribution in [1.29, 1.82) is 0 Å². The van der Waals surface area contributed by atoms with Crippen LogP contribution in [0.25, 0.3) is 0 Å². The molecule has 0 aromatic heterocycles. The SMILES string of the molecule is CCCCC/C=C\C/C=C\C/C=C\C=C\C(=O)CCCC(=O)O[C@H](COC(=O)CCCC/C=C\C/C=C\C/C=C\CCCCC)COP(=O)(O)O[C@H]1C(O)C(O)C(O)[C@@H](OP(=O)(O)O)C1O. The molecule has 0 bridgehead atoms. The minimum Gasteiger partial charge on any atom is -0.462 e. The summed E-state index contributed by atoms with van der Waals surface area (Å²) in [7, 11) is -10.8. The number of ketones is 1. The number of aliphatic hydroxyl groups is 4. The summed E-state index contributed by atoms with van der Waals surface area (Å²) in [6.45, 7) is 2.79. The van der Waals surface area contributed by atoms with Crippen molar-refractivity contribution in [1.82, 2.24) is 0 Å². The van der Waals surface area contributed by atoms with Gasteiger partial charge in [-0.05, 0) is 83.1 Å². The lowest BCUT2D eigenvalue weighted by atomic mass is 9.85. The van der Waals surface area contributed by atoms with E-state index < -0.39 is 83.5 Å². The van der Waals surface area contributed by atoms with E-state index in [0.29, 0.717) is 19.3 Å². The van der Waals surface area contributed by atoms with Crippen LogP contribution in [0.5, 0.6) is 0 Å². The van der Waals surface area contributed by atoms with Gasteiger partial charge in [-0.1, -0.05) is 119 Å². The van der Waals surface area contributed by atoms with E-state index in [-0.39, 0.29) is 31.5 Å². The zero-order chi connectivity index (χ0) is 49.1. The molecule has 1 aliphatic rings. The molecule has 8 atom stereocenters. The van der Waals surface area contributed by atoms with Crippen LogP contribution in [0.3, 0.4) is 0 Å². The summed E-state index contributed by atoms with van der Waals surface area (Å²) < 4.78 is 49.0. The van der Waals surface area contributed by atoms with Crippen LogP contribution >= 0.6 is 15.6 Å². The van der Waals surface area contributed by atoms with E-state index in [1.165, 1.54) is 44.6 Å². The molecule has 0 aromatic rings. The van der Waals surface area contributed by atoms with E-state index in [0.717, 1.165) is 38.5 Å². The number of unbranched alkanes of at least 4 members (excludes halogenated alkanes) is 8. The summed E-state index contributed by atoms with van der Waals surface area (Å²) in [6.07, 6.45) is 26.9. The van der Waals surface area contributed by atoms with Gasteiger partial charge in [-0.3, -0.25) is 28.0 Å². The molecule has 0 radical (unpaired) electrons. The van der Waals surface area contributed by atoms with Gasteiger partial charge in [0.1, 0.15) is 43.2 Å². The fraction of sp³-hybridized carbons (Fsp3) is 0.638. The van der Waals surface area contributed by atoms with Crippen molar-refractivity contribution in [2.75, 3.05) is 13.2 Å². The van der Waals surface area contributed by atoms with Gasteiger partial charge >= 0.3 is 27.6 Å². The number of carbonyl (C=O) groups excluding carboxylic acids is 3. The highest BCUT2D eigenvalue weighted by atomic mass is 31.2. The maximum atomic E-state index is 13.0. The summed E-state index contributed by atoms with van der Waals surface area (Å²) >= 11 is 0. The van der Waals surface area contributed by atoms with Crippen LogP contribution in [-0.4, -0.2) is 109 Å². The van der Waals surface area contributed by atoms with Gasteiger partial charge in [0.05, 0.1) is 6.61 Å². The molecular formula is C47H76O17P2. The van der Waals surface area contributed by atoms with E-state index in [1.807, 2.05) is 24.3 Å². The minimum atomic E-state index is -5.40. The van der Waals surface area contributed by atoms with Crippen LogP contribution in [0.2, 0.25) is 0 Å². The van der Waals surface area contributed by atoms with E-state index in [9.17, 15) is 48.8 Å². The molecule has 66 heavy (non-hydrogen) atoms. The average Bonchev–Trinajstić information content (AvgIpc) is 3.26. The van der Waals surface area contributed by atoms with Gasteiger partial charge in [-0.2, -0.15) is 0 Å². The standard InChI is InChI=1S/C47H76O17P2/c1-3-5-7-9-11-13-15-17-18-20-22-24-26-28-30-34-40(49)60-36-39(37-61-66(58,59)64-47-44(53)42(51)43(52)46(45(47)54)63-65(55,56)57)62-41(50)35-31-33-38(48)32-29-27-25-23-21-19-16-14-12-10-8-6-4-2/h11-14,17-19,21-22,24-25,27,29,32,39,42-47,51-54H,3-10,15-16,20,23,26,28,30-31,33-37H2,1-2H3,(H,58,59)(H2,55,56,57)/b13-11-,14-12-,18-17-,21-19-,24-22-,27-25-,32-29+/t39-,42?,43?,44?,45?,46-,47+/m1/s1. The molecule has 5 unspecified atom stereocenters. The predicted octanol–water partition coefficient (Wildman–Crippen LogP) is 7.79. The highest BCUT2D eigenvalue weighted by Crippen LogP contribution is 2.49. The lowest BCUT2D eigenvalue weighted by Crippen LogP contribution is -2.64. The zero-order valence-corrected chi connectivity index (χ0v) is 40.4. The second-order valence-electron chi connectivity index (χ2n) is 15.8. The van der Waals surface area contributed by atoms with Crippen molar-refractivity contribution in [3.63, 3.8) is 0 Å². The molecule has 0 saturated heterocycles. The maximum Gasteiger partial charge on any atom is 0.472 e. The Morgan fingerprint density at radius 1 is 0.530 bits per heavy atom. The number of hydrogen-bond acceptors (Lipinski definition) is 14. The van der Waals surface area contributed by atoms with Gasteiger partial charge in [-0.15, -0.1) is 0 Å². The van der Waals surface area contributed by atoms with Crippen molar-refractivity contribution in [2.45, 2.75) is 179 Å². The molecule has 7 N–H and O–H groups in total. The van der Waals surface area contributed by atoms with E-state index in [1.54, 1.807) is 12.2 Å². The fourth-order valence-electron chi connectivity index (χ4n) is 6.28. The molecule has 1 fully saturated rings. The Kier molecular flexibility index (Phi) is 34.0. The zero-order valence-electron chi connectivity index (χ0n) is 38.6. The molecule has 1 saturated carbocycles. The third-order valence-corrected chi connectivity index (χ3v) is 11.4. The van der Waals surface area contributed by atoms with Crippen LogP contribution in [0.1, 0.15) is 136 Å². The third kappa shape index (κ3) is 31.0. The predicted molar refractivity (Wildman–Crippen MR) is 250 cm³/mol. The van der Waals surface area contributed by atoms with Crippen molar-refractivity contribution >= 4 is 33.4 Å². The molecule has 1 aliphatic carbocycles. The van der Waals surface area contributed by atoms with Crippen LogP contribution in [0.4, 0.5) is 0 Å². The molecule has 376 valence electrons. The number of allylic oxidation sites excluding steroid dienone is 14. The number of phosphoric ester groups is 2. The molecule has 0 amide bonds. The van der Waals surface area contributed by atoms with Gasteiger partial charge in [0, 0.05) is 19.3 Å². The summed E-state index contributed by atoms with van der Waals surface area (Å²) in [4.78, 5) is 66.5. The summed E-state index contributed by atoms with van der Waals surface area (Å²) in [6, 6.07) is 0. The monoisotopic (exact) mass is 974 g/mol. The van der Waals surface area contributed by atoms with E-state index >= 15 is 0 Å². The van der Waals surface area contributed by atoms with E-state index in [2.05, 4.69) is 60.9 Å². The van der Waals surface area contributed by atoms with Gasteiger partial charge in [0.2, 0.25) is 0 Å². The average molecular weight is 975 g/mol. The Hall–Kier alpha value is -3.15. The Morgan fingerprint density at radius 3 is 1.55 bits per heavy atom. The first-order valence-corrected chi connectivity index (χ1v) is 26.1. The summed E-state index contributed by atoms with van der Waals surface area (Å²) in [5.41, 5.74) is 0. The lowest BCUT2D eigenvalue weighted by molar-refractivity contribution is -0.216. The number of carbonyl (C=O) groups is 3. The molecule has 0 spiro atoms. The van der Waals surface area contributed by atoms with Gasteiger partial charge in [0.15, 0.2) is 11.9 Å². The van der Waals surface area contributed by atoms with Crippen LogP contribution in [0.15, 0.2) is 85.1 Å². The first kappa shape index (κ1) is 60.9. The molecule has 0 aromatic carbocycles. The first-order valence-electron chi connectivity index (χ1n) is 23.1. The number of rotatable bonds is 37. The third-order valence-electron chi connectivity index (χ3n) is 9.92. The van der Waals surface area contributed by atoms with Crippen LogP contribution in [0, 0.1) is 0 Å². The molecule has 0 aliphatic heterocycles. The quantitative estimate of drug-likeness (QED) is 0.00781. The smallest absolute Gasteiger partial charge is 0.462 e. The van der Waals surface area contributed by atoms with Crippen molar-refractivity contribution in [2.24, 2.45) is 0 Å². The summed E-state index contributed by atoms with van der Waals surface area (Å²) in [5, 5.41) is 41.2. The molecule has 19 heteroatoms. The number of hydrogen-bond donors (Lipinski definition) is 7. The number of phosphoric acid groups is 2. The van der Waals surface area contributed by atoms with Crippen LogP contribution in [-0.2, 0) is 46.6 Å². The Bertz CT molecular complexity index is 1670. The minimum absolute atomic E-state index is 0.00181. The normalized spacial score (nSPS) is 22.2. The van der Waals surface area contributed by atoms with Crippen molar-refractivity contribution in [3.05, 3.63) is 85.1 Å². The van der Waals surface area contributed by atoms with Crippen LogP contribution < -0.4 is 0 Å². The Balaban J connectivity index is 2.74. The second-order valence-corrected chi connectivity index (χ2v) is 18.4. The summed E-state index contributed by atoms with van der Waals surface area (Å²) in [5.74, 6) is -1.76. The maximum absolute atomic E-state index is 13.0. The first-order chi connectivity index (χ1) is 31.5. The van der Waals surface area contributed by atoms with Crippen molar-refractivity contribution < 1.29 is 81.7 Å². The lowest BCUT2D eigenvalue weighted by Gasteiger charge is -2.43. The topological polar surface area (TPSA) is 273 Å². The van der Waals surface area contributed by atoms with E-state index in [4.69, 9.17) is 28.3 Å². The molecule has 0 heterocycles. The molecule has 1 rings (SSSR count). The Labute approximate surface area is 390 Å². The highest BCUT2D eigenvalue weighted by molar-refractivity contribution is 7.47. The number of esters is 2. The van der Waals surface area contributed by atoms with Gasteiger partial charge in [0.25, 0.3) is 0 Å². The molecule has 17 nitrogen and oxygen atoms in total. The number of ether oxygens (including phenoxy) is 2. The van der Waals surface area contributed by atoms with Gasteiger partial charge in [-0.25, -0.2) is 9.13 Å². The molecular weight excluding hydrogens is 898 g/mol. The second kappa shape index (κ2) is 36.8.